The smallest absolute Gasteiger partial charge is 0.425 e. The minimum absolute atomic E-state index is 0.0616. The summed E-state index contributed by atoms with van der Waals surface area (Å²) in [5.74, 6) is -2.31. The van der Waals surface area contributed by atoms with Gasteiger partial charge in [0.05, 0.1) is 11.6 Å². The quantitative estimate of drug-likeness (QED) is 0.371. The summed E-state index contributed by atoms with van der Waals surface area (Å²) in [7, 11) is 0. The van der Waals surface area contributed by atoms with E-state index in [1.807, 2.05) is 0 Å². The number of amides is 1. The van der Waals surface area contributed by atoms with Gasteiger partial charge in [-0.25, -0.2) is 15.2 Å². The highest BCUT2D eigenvalue weighted by Crippen LogP contribution is 2.32. The van der Waals surface area contributed by atoms with Crippen molar-refractivity contribution in [2.45, 2.75) is 45.8 Å². The van der Waals surface area contributed by atoms with Crippen LogP contribution in [0.2, 0.25) is 5.02 Å². The van der Waals surface area contributed by atoms with Gasteiger partial charge in [-0.05, 0) is 45.4 Å². The second-order valence-electron chi connectivity index (χ2n) is 6.99. The number of nitrogens with zero attached hydrogens (tertiary/aromatic N) is 1. The summed E-state index contributed by atoms with van der Waals surface area (Å²) in [5.41, 5.74) is 1.94. The number of ether oxygens (including phenoxy) is 2. The molecule has 11 heteroatoms. The Labute approximate surface area is 182 Å². The van der Waals surface area contributed by atoms with Crippen LogP contribution in [0.4, 0.5) is 4.79 Å². The lowest BCUT2D eigenvalue weighted by Gasteiger charge is -2.29. The Balaban J connectivity index is 3.19. The summed E-state index contributed by atoms with van der Waals surface area (Å²) in [6, 6.07) is 1.83. The molecule has 3 N–H and O–H groups in total. The fraction of sp³-hybridized carbons (Fsp3) is 0.500. The van der Waals surface area contributed by atoms with Crippen molar-refractivity contribution in [1.29, 1.82) is 0 Å². The molecular weight excluding hydrogens is 472 g/mol. The van der Waals surface area contributed by atoms with E-state index < -0.39 is 36.2 Å². The van der Waals surface area contributed by atoms with E-state index >= 15 is 0 Å². The third kappa shape index (κ3) is 8.46. The molecule has 0 saturated carbocycles. The van der Waals surface area contributed by atoms with Gasteiger partial charge in [-0.3, -0.25) is 9.59 Å². The highest BCUT2D eigenvalue weighted by atomic mass is 79.9. The first-order valence-corrected chi connectivity index (χ1v) is 9.83. The lowest BCUT2D eigenvalue weighted by molar-refractivity contribution is -0.149. The van der Waals surface area contributed by atoms with Crippen molar-refractivity contribution in [2.75, 3.05) is 13.2 Å². The molecule has 1 rings (SSSR count). The number of carbonyl (C=O) groups excluding carboxylic acids is 2. The van der Waals surface area contributed by atoms with Crippen molar-refractivity contribution in [1.82, 2.24) is 10.4 Å². The number of hydrogen-bond donors (Lipinski definition) is 3. The summed E-state index contributed by atoms with van der Waals surface area (Å²) < 4.78 is 10.8. The predicted molar refractivity (Wildman–Crippen MR) is 109 cm³/mol. The monoisotopic (exact) mass is 494 g/mol. The molecule has 29 heavy (non-hydrogen) atoms. The third-order valence-electron chi connectivity index (χ3n) is 3.32. The SMILES string of the molecule is CCOC(=O)C(Cc1cc(Br)cc(Cl)c1O)NN(CC(=O)O)C(=O)OC(C)(C)C. The summed E-state index contributed by atoms with van der Waals surface area (Å²) in [6.45, 7) is 5.76. The molecule has 0 aromatic heterocycles. The van der Waals surface area contributed by atoms with Crippen LogP contribution in [0.25, 0.3) is 0 Å². The fourth-order valence-corrected chi connectivity index (χ4v) is 3.10. The van der Waals surface area contributed by atoms with E-state index in [1.165, 1.54) is 6.07 Å². The zero-order valence-electron chi connectivity index (χ0n) is 16.5. The van der Waals surface area contributed by atoms with Gasteiger partial charge < -0.3 is 19.7 Å². The molecule has 9 nitrogen and oxygen atoms in total. The van der Waals surface area contributed by atoms with Crippen LogP contribution < -0.4 is 5.43 Å². The molecule has 0 aliphatic heterocycles. The van der Waals surface area contributed by atoms with E-state index in [-0.39, 0.29) is 29.4 Å². The number of aliphatic carboxylic acids is 1. The number of halogens is 2. The minimum Gasteiger partial charge on any atom is -0.506 e. The van der Waals surface area contributed by atoms with Gasteiger partial charge in [-0.15, -0.1) is 0 Å². The van der Waals surface area contributed by atoms with Crippen LogP contribution in [0.15, 0.2) is 16.6 Å². The van der Waals surface area contributed by atoms with Gasteiger partial charge in [0, 0.05) is 10.9 Å². The number of phenols is 1. The summed E-state index contributed by atoms with van der Waals surface area (Å²) >= 11 is 9.21. The maximum absolute atomic E-state index is 12.4. The van der Waals surface area contributed by atoms with Crippen molar-refractivity contribution in [2.24, 2.45) is 0 Å². The van der Waals surface area contributed by atoms with Gasteiger partial charge in [-0.2, -0.15) is 0 Å². The number of carboxylic acid groups (broad SMARTS) is 1. The van der Waals surface area contributed by atoms with Crippen molar-refractivity contribution >= 4 is 45.6 Å². The molecular formula is C18H24BrClN2O7. The molecule has 0 saturated heterocycles. The molecule has 1 aromatic carbocycles. The van der Waals surface area contributed by atoms with E-state index in [0.717, 1.165) is 0 Å². The van der Waals surface area contributed by atoms with E-state index in [9.17, 15) is 19.5 Å². The van der Waals surface area contributed by atoms with Crippen LogP contribution in [0.5, 0.6) is 5.75 Å². The van der Waals surface area contributed by atoms with Gasteiger partial charge in [0.25, 0.3) is 0 Å². The van der Waals surface area contributed by atoms with Crippen LogP contribution >= 0.6 is 27.5 Å². The first-order chi connectivity index (χ1) is 13.3. The van der Waals surface area contributed by atoms with Gasteiger partial charge in [-0.1, -0.05) is 27.5 Å². The number of phenolic OH excluding ortho intramolecular Hbond substituents is 1. The van der Waals surface area contributed by atoms with Crippen molar-refractivity contribution in [3.05, 3.63) is 27.2 Å². The molecule has 0 aliphatic carbocycles. The van der Waals surface area contributed by atoms with Crippen LogP contribution in [0.1, 0.15) is 33.3 Å². The molecule has 1 amide bonds. The van der Waals surface area contributed by atoms with E-state index in [4.69, 9.17) is 26.2 Å². The normalized spacial score (nSPS) is 12.2. The topological polar surface area (TPSA) is 125 Å². The molecule has 0 bridgehead atoms. The summed E-state index contributed by atoms with van der Waals surface area (Å²) in [4.78, 5) is 36.0. The van der Waals surface area contributed by atoms with Crippen molar-refractivity contribution in [3.63, 3.8) is 0 Å². The van der Waals surface area contributed by atoms with E-state index in [2.05, 4.69) is 21.4 Å². The Hall–Kier alpha value is -2.04. The molecule has 0 radical (unpaired) electrons. The second kappa shape index (κ2) is 10.7. The maximum Gasteiger partial charge on any atom is 0.425 e. The van der Waals surface area contributed by atoms with Gasteiger partial charge >= 0.3 is 18.0 Å². The first kappa shape index (κ1) is 25.0. The van der Waals surface area contributed by atoms with E-state index in [1.54, 1.807) is 33.8 Å². The van der Waals surface area contributed by atoms with Gasteiger partial charge in [0.2, 0.25) is 0 Å². The molecule has 1 atom stereocenters. The Kier molecular flexibility index (Phi) is 9.18. The average molecular weight is 496 g/mol. The Morgan fingerprint density at radius 3 is 2.45 bits per heavy atom. The number of esters is 1. The Bertz CT molecular complexity index is 767. The van der Waals surface area contributed by atoms with Gasteiger partial charge in [0.15, 0.2) is 0 Å². The summed E-state index contributed by atoms with van der Waals surface area (Å²) in [5, 5.41) is 20.0. The fourth-order valence-electron chi connectivity index (χ4n) is 2.22. The number of carbonyl (C=O) groups is 3. The molecule has 1 aromatic rings. The van der Waals surface area contributed by atoms with Crippen LogP contribution in [0, 0.1) is 0 Å². The van der Waals surface area contributed by atoms with Crippen molar-refractivity contribution < 1.29 is 34.1 Å². The Morgan fingerprint density at radius 2 is 1.93 bits per heavy atom. The largest absolute Gasteiger partial charge is 0.506 e. The highest BCUT2D eigenvalue weighted by Gasteiger charge is 2.30. The lowest BCUT2D eigenvalue weighted by Crippen LogP contribution is -2.55. The van der Waals surface area contributed by atoms with E-state index in [0.29, 0.717) is 9.48 Å². The molecule has 0 fully saturated rings. The number of hydrogen-bond acceptors (Lipinski definition) is 7. The molecule has 0 spiro atoms. The molecule has 1 unspecified atom stereocenters. The van der Waals surface area contributed by atoms with Gasteiger partial charge in [0.1, 0.15) is 23.9 Å². The lowest BCUT2D eigenvalue weighted by atomic mass is 10.1. The molecule has 0 aliphatic rings. The summed E-state index contributed by atoms with van der Waals surface area (Å²) in [6.07, 6.45) is -1.12. The number of nitrogens with one attached hydrogen (secondary N) is 1. The molecule has 0 heterocycles. The average Bonchev–Trinajstić information content (AvgIpc) is 2.55. The maximum atomic E-state index is 12.4. The highest BCUT2D eigenvalue weighted by molar-refractivity contribution is 9.10. The number of hydrazine groups is 1. The zero-order chi connectivity index (χ0) is 22.4. The number of carboxylic acids is 1. The predicted octanol–water partition coefficient (Wildman–Crippen LogP) is 3.11. The minimum atomic E-state index is -1.32. The number of aromatic hydroxyl groups is 1. The number of rotatable bonds is 8. The molecule has 162 valence electrons. The zero-order valence-corrected chi connectivity index (χ0v) is 18.8. The Morgan fingerprint density at radius 1 is 1.31 bits per heavy atom. The van der Waals surface area contributed by atoms with Crippen LogP contribution in [-0.2, 0) is 25.5 Å². The second-order valence-corrected chi connectivity index (χ2v) is 8.32. The van der Waals surface area contributed by atoms with Crippen LogP contribution in [0.3, 0.4) is 0 Å². The van der Waals surface area contributed by atoms with Crippen LogP contribution in [-0.4, -0.2) is 58.0 Å². The van der Waals surface area contributed by atoms with Crippen molar-refractivity contribution in [3.8, 4) is 5.75 Å². The standard InChI is InChI=1S/C18H24BrClN2O7/c1-5-28-16(26)13(7-10-6-11(19)8-12(20)15(10)25)21-22(9-14(23)24)17(27)29-18(2,3)4/h6,8,13,21,25H,5,7,9H2,1-4H3,(H,23,24). The third-order valence-corrected chi connectivity index (χ3v) is 4.07. The number of benzene rings is 1. The first-order valence-electron chi connectivity index (χ1n) is 8.66.